The standard InChI is InChI=1S/C15H23N3O2S/c1-5-10-14(20)18(7-6-12(19)16-10)8-13-17-11(9-21-13)15(2,3)4/h9-10H,5-8H2,1-4H3,(H,16,19). The van der Waals surface area contributed by atoms with Crippen molar-refractivity contribution in [2.24, 2.45) is 0 Å². The van der Waals surface area contributed by atoms with Crippen LogP contribution in [0.4, 0.5) is 0 Å². The molecule has 1 fully saturated rings. The smallest absolute Gasteiger partial charge is 0.245 e. The average Bonchev–Trinajstić information content (AvgIpc) is 2.83. The van der Waals surface area contributed by atoms with Crippen molar-refractivity contribution in [3.63, 3.8) is 0 Å². The molecule has 0 saturated carbocycles. The van der Waals surface area contributed by atoms with Crippen molar-refractivity contribution in [2.45, 2.75) is 58.5 Å². The van der Waals surface area contributed by atoms with E-state index in [1.165, 1.54) is 0 Å². The maximum atomic E-state index is 12.4. The fourth-order valence-electron chi connectivity index (χ4n) is 2.22. The summed E-state index contributed by atoms with van der Waals surface area (Å²) in [6.07, 6.45) is 0.978. The summed E-state index contributed by atoms with van der Waals surface area (Å²) < 4.78 is 0. The van der Waals surface area contributed by atoms with Crippen LogP contribution in [0, 0.1) is 0 Å². The molecule has 2 rings (SSSR count). The molecule has 1 unspecified atom stereocenters. The van der Waals surface area contributed by atoms with E-state index in [1.54, 1.807) is 16.2 Å². The minimum absolute atomic E-state index is 0.00383. The number of nitrogens with zero attached hydrogens (tertiary/aromatic N) is 2. The average molecular weight is 309 g/mol. The molecule has 5 nitrogen and oxygen atoms in total. The largest absolute Gasteiger partial charge is 0.344 e. The Bertz CT molecular complexity index is 533. The Kier molecular flexibility index (Phi) is 4.66. The molecule has 0 aromatic carbocycles. The molecule has 2 heterocycles. The Hall–Kier alpha value is -1.43. The molecule has 1 atom stereocenters. The molecule has 2 amide bonds. The number of rotatable bonds is 3. The second kappa shape index (κ2) is 6.13. The van der Waals surface area contributed by atoms with E-state index >= 15 is 0 Å². The summed E-state index contributed by atoms with van der Waals surface area (Å²) in [6.45, 7) is 9.24. The van der Waals surface area contributed by atoms with Crippen LogP contribution in [0.1, 0.15) is 51.2 Å². The van der Waals surface area contributed by atoms with Crippen molar-refractivity contribution >= 4 is 23.2 Å². The number of hydrogen-bond acceptors (Lipinski definition) is 4. The highest BCUT2D eigenvalue weighted by Crippen LogP contribution is 2.25. The molecule has 0 radical (unpaired) electrons. The first kappa shape index (κ1) is 15.9. The highest BCUT2D eigenvalue weighted by molar-refractivity contribution is 7.09. The monoisotopic (exact) mass is 309 g/mol. The van der Waals surface area contributed by atoms with Gasteiger partial charge in [-0.3, -0.25) is 9.59 Å². The van der Waals surface area contributed by atoms with Crippen molar-refractivity contribution in [3.8, 4) is 0 Å². The molecule has 21 heavy (non-hydrogen) atoms. The Morgan fingerprint density at radius 2 is 2.14 bits per heavy atom. The van der Waals surface area contributed by atoms with Gasteiger partial charge in [-0.2, -0.15) is 0 Å². The molecule has 1 aliphatic rings. The zero-order valence-corrected chi connectivity index (χ0v) is 13.9. The summed E-state index contributed by atoms with van der Waals surface area (Å²) in [5.41, 5.74) is 1.06. The van der Waals surface area contributed by atoms with Gasteiger partial charge in [0.25, 0.3) is 0 Å². The van der Waals surface area contributed by atoms with E-state index in [0.717, 1.165) is 10.7 Å². The second-order valence-corrected chi connectivity index (χ2v) is 7.36. The fourth-order valence-corrected chi connectivity index (χ4v) is 3.26. The number of carbonyl (C=O) groups is 2. The van der Waals surface area contributed by atoms with Gasteiger partial charge < -0.3 is 10.2 Å². The van der Waals surface area contributed by atoms with E-state index in [1.807, 2.05) is 6.92 Å². The van der Waals surface area contributed by atoms with Crippen molar-refractivity contribution < 1.29 is 9.59 Å². The van der Waals surface area contributed by atoms with Gasteiger partial charge in [0.05, 0.1) is 12.2 Å². The van der Waals surface area contributed by atoms with E-state index in [0.29, 0.717) is 25.9 Å². The number of thiazole rings is 1. The number of carbonyl (C=O) groups excluding carboxylic acids is 2. The topological polar surface area (TPSA) is 62.3 Å². The fraction of sp³-hybridized carbons (Fsp3) is 0.667. The lowest BCUT2D eigenvalue weighted by molar-refractivity contribution is -0.134. The van der Waals surface area contributed by atoms with Crippen LogP contribution >= 0.6 is 11.3 Å². The summed E-state index contributed by atoms with van der Waals surface area (Å²) in [5.74, 6) is -0.0527. The van der Waals surface area contributed by atoms with Gasteiger partial charge in [-0.15, -0.1) is 11.3 Å². The molecular weight excluding hydrogens is 286 g/mol. The number of amides is 2. The van der Waals surface area contributed by atoms with E-state index in [-0.39, 0.29) is 17.2 Å². The third kappa shape index (κ3) is 3.81. The Morgan fingerprint density at radius 3 is 2.71 bits per heavy atom. The van der Waals surface area contributed by atoms with Crippen LogP contribution < -0.4 is 5.32 Å². The molecule has 6 heteroatoms. The van der Waals surface area contributed by atoms with Gasteiger partial charge in [0.15, 0.2) is 0 Å². The summed E-state index contributed by atoms with van der Waals surface area (Å²) >= 11 is 1.58. The van der Waals surface area contributed by atoms with Crippen molar-refractivity contribution in [2.75, 3.05) is 6.54 Å². The van der Waals surface area contributed by atoms with E-state index < -0.39 is 6.04 Å². The van der Waals surface area contributed by atoms with Gasteiger partial charge in [0.1, 0.15) is 11.0 Å². The predicted molar refractivity (Wildman–Crippen MR) is 83.1 cm³/mol. The zero-order valence-electron chi connectivity index (χ0n) is 13.1. The second-order valence-electron chi connectivity index (χ2n) is 6.41. The summed E-state index contributed by atoms with van der Waals surface area (Å²) in [5, 5.41) is 5.76. The molecule has 1 aromatic heterocycles. The van der Waals surface area contributed by atoms with E-state index in [4.69, 9.17) is 0 Å². The quantitative estimate of drug-likeness (QED) is 0.929. The third-order valence-corrected chi connectivity index (χ3v) is 4.44. The van der Waals surface area contributed by atoms with Crippen LogP contribution in [-0.4, -0.2) is 34.3 Å². The number of hydrogen-bond donors (Lipinski definition) is 1. The lowest BCUT2D eigenvalue weighted by atomic mass is 9.93. The Balaban J connectivity index is 2.12. The van der Waals surface area contributed by atoms with Crippen molar-refractivity contribution in [3.05, 3.63) is 16.1 Å². The highest BCUT2D eigenvalue weighted by Gasteiger charge is 2.29. The summed E-state index contributed by atoms with van der Waals surface area (Å²) in [4.78, 5) is 30.4. The Labute approximate surface area is 129 Å². The van der Waals surface area contributed by atoms with Crippen LogP contribution in [0.2, 0.25) is 0 Å². The van der Waals surface area contributed by atoms with Gasteiger partial charge in [-0.25, -0.2) is 4.98 Å². The van der Waals surface area contributed by atoms with Gasteiger partial charge >= 0.3 is 0 Å². The normalized spacial score (nSPS) is 20.4. The van der Waals surface area contributed by atoms with Crippen LogP contribution in [-0.2, 0) is 21.5 Å². The first-order valence-corrected chi connectivity index (χ1v) is 8.22. The maximum absolute atomic E-state index is 12.4. The number of aromatic nitrogens is 1. The van der Waals surface area contributed by atoms with Crippen molar-refractivity contribution in [1.29, 1.82) is 0 Å². The molecular formula is C15H23N3O2S. The SMILES string of the molecule is CCC1NC(=O)CCN(Cc2nc(C(C)(C)C)cs2)C1=O. The number of nitrogens with one attached hydrogen (secondary N) is 1. The molecule has 0 bridgehead atoms. The molecule has 0 aliphatic carbocycles. The van der Waals surface area contributed by atoms with Crippen LogP contribution in [0.25, 0.3) is 0 Å². The zero-order chi connectivity index (χ0) is 15.6. The predicted octanol–water partition coefficient (Wildman–Crippen LogP) is 2.07. The van der Waals surface area contributed by atoms with Crippen LogP contribution in [0.15, 0.2) is 5.38 Å². The third-order valence-electron chi connectivity index (χ3n) is 3.61. The van der Waals surface area contributed by atoms with Gasteiger partial charge in [-0.05, 0) is 6.42 Å². The minimum Gasteiger partial charge on any atom is -0.344 e. The molecule has 1 aromatic rings. The van der Waals surface area contributed by atoms with Gasteiger partial charge in [-0.1, -0.05) is 27.7 Å². The minimum atomic E-state index is -0.401. The summed E-state index contributed by atoms with van der Waals surface area (Å²) in [7, 11) is 0. The van der Waals surface area contributed by atoms with Crippen molar-refractivity contribution in [1.82, 2.24) is 15.2 Å². The molecule has 1 N–H and O–H groups in total. The van der Waals surface area contributed by atoms with E-state index in [9.17, 15) is 9.59 Å². The molecule has 1 aliphatic heterocycles. The molecule has 1 saturated heterocycles. The first-order valence-electron chi connectivity index (χ1n) is 7.34. The maximum Gasteiger partial charge on any atom is 0.245 e. The lowest BCUT2D eigenvalue weighted by Crippen LogP contribution is -2.43. The Morgan fingerprint density at radius 1 is 1.43 bits per heavy atom. The molecule has 116 valence electrons. The molecule has 0 spiro atoms. The summed E-state index contributed by atoms with van der Waals surface area (Å²) in [6, 6.07) is -0.401. The van der Waals surface area contributed by atoms with Crippen LogP contribution in [0.5, 0.6) is 0 Å². The first-order chi connectivity index (χ1) is 9.81. The van der Waals surface area contributed by atoms with E-state index in [2.05, 4.69) is 36.5 Å². The van der Waals surface area contributed by atoms with Gasteiger partial charge in [0.2, 0.25) is 11.8 Å². The lowest BCUT2D eigenvalue weighted by Gasteiger charge is -2.22. The van der Waals surface area contributed by atoms with Gasteiger partial charge in [0, 0.05) is 23.8 Å². The van der Waals surface area contributed by atoms with Crippen LogP contribution in [0.3, 0.4) is 0 Å². The highest BCUT2D eigenvalue weighted by atomic mass is 32.1.